The van der Waals surface area contributed by atoms with Crippen molar-refractivity contribution in [2.45, 2.75) is 26.2 Å². The molecule has 19 heavy (non-hydrogen) atoms. The van der Waals surface area contributed by atoms with E-state index in [9.17, 15) is 13.2 Å². The van der Waals surface area contributed by atoms with Gasteiger partial charge in [-0.25, -0.2) is 13.4 Å². The number of rotatable bonds is 8. The van der Waals surface area contributed by atoms with E-state index in [-0.39, 0.29) is 30.1 Å². The molecule has 0 bridgehead atoms. The van der Waals surface area contributed by atoms with Crippen LogP contribution in [0.15, 0.2) is 18.3 Å². The molecule has 1 rings (SSSR count). The summed E-state index contributed by atoms with van der Waals surface area (Å²) in [5.41, 5.74) is 0.809. The van der Waals surface area contributed by atoms with Gasteiger partial charge in [0, 0.05) is 30.9 Å². The van der Waals surface area contributed by atoms with Crippen molar-refractivity contribution in [3.8, 4) is 5.88 Å². The first-order valence-corrected chi connectivity index (χ1v) is 8.00. The van der Waals surface area contributed by atoms with Crippen molar-refractivity contribution in [3.05, 3.63) is 23.9 Å². The maximum atomic E-state index is 11.7. The highest BCUT2D eigenvalue weighted by Crippen LogP contribution is 2.09. The minimum Gasteiger partial charge on any atom is -0.481 e. The topological polar surface area (TPSA) is 73.3 Å². The highest BCUT2D eigenvalue weighted by molar-refractivity contribution is 7.91. The average Bonchev–Trinajstić information content (AvgIpc) is 2.39. The van der Waals surface area contributed by atoms with Gasteiger partial charge in [-0.2, -0.15) is 0 Å². The summed E-state index contributed by atoms with van der Waals surface area (Å²) in [4.78, 5) is 15.7. The fraction of sp³-hybridized carbons (Fsp3) is 0.538. The lowest BCUT2D eigenvalue weighted by atomic mass is 10.1. The zero-order valence-corrected chi connectivity index (χ0v) is 12.1. The van der Waals surface area contributed by atoms with Gasteiger partial charge in [0.05, 0.1) is 12.9 Å². The number of aromatic nitrogens is 1. The van der Waals surface area contributed by atoms with Crippen LogP contribution in [0.25, 0.3) is 0 Å². The van der Waals surface area contributed by atoms with Gasteiger partial charge in [0.25, 0.3) is 0 Å². The summed E-state index contributed by atoms with van der Waals surface area (Å²) >= 11 is 0. The van der Waals surface area contributed by atoms with E-state index in [0.29, 0.717) is 12.3 Å². The quantitative estimate of drug-likeness (QED) is 0.722. The van der Waals surface area contributed by atoms with Crippen LogP contribution in [-0.4, -0.2) is 37.8 Å². The van der Waals surface area contributed by atoms with Crippen LogP contribution >= 0.6 is 0 Å². The Hall–Kier alpha value is -1.43. The molecule has 6 heteroatoms. The van der Waals surface area contributed by atoms with E-state index in [1.807, 2.05) is 0 Å². The van der Waals surface area contributed by atoms with E-state index in [1.54, 1.807) is 25.3 Å². The van der Waals surface area contributed by atoms with Crippen molar-refractivity contribution in [3.63, 3.8) is 0 Å². The SMILES string of the molecule is CCS(=O)(=O)CCCC(=O)Cc1ccc(OC)nc1. The molecule has 0 aliphatic heterocycles. The first-order valence-electron chi connectivity index (χ1n) is 6.18. The summed E-state index contributed by atoms with van der Waals surface area (Å²) in [6.07, 6.45) is 2.55. The minimum atomic E-state index is -2.98. The molecule has 0 N–H and O–H groups in total. The van der Waals surface area contributed by atoms with Gasteiger partial charge in [0.1, 0.15) is 15.6 Å². The lowest BCUT2D eigenvalue weighted by molar-refractivity contribution is -0.118. The first kappa shape index (κ1) is 15.6. The summed E-state index contributed by atoms with van der Waals surface area (Å²) in [6, 6.07) is 3.48. The van der Waals surface area contributed by atoms with E-state index in [0.717, 1.165) is 5.56 Å². The maximum Gasteiger partial charge on any atom is 0.212 e. The molecule has 0 saturated heterocycles. The highest BCUT2D eigenvalue weighted by atomic mass is 32.2. The molecule has 0 saturated carbocycles. The third-order valence-electron chi connectivity index (χ3n) is 2.76. The summed E-state index contributed by atoms with van der Waals surface area (Å²) in [7, 11) is -1.45. The van der Waals surface area contributed by atoms with Gasteiger partial charge in [-0.15, -0.1) is 0 Å². The van der Waals surface area contributed by atoms with Gasteiger partial charge >= 0.3 is 0 Å². The average molecular weight is 285 g/mol. The van der Waals surface area contributed by atoms with Crippen LogP contribution in [0.2, 0.25) is 0 Å². The molecule has 0 fully saturated rings. The number of Topliss-reactive ketones (excluding diaryl/α,β-unsaturated/α-hetero) is 1. The van der Waals surface area contributed by atoms with Crippen LogP contribution in [0.4, 0.5) is 0 Å². The Morgan fingerprint density at radius 2 is 2.11 bits per heavy atom. The second kappa shape index (κ2) is 7.23. The Kier molecular flexibility index (Phi) is 5.95. The fourth-order valence-electron chi connectivity index (χ4n) is 1.59. The monoisotopic (exact) mass is 285 g/mol. The van der Waals surface area contributed by atoms with Gasteiger partial charge in [-0.3, -0.25) is 4.79 Å². The molecule has 1 aromatic rings. The van der Waals surface area contributed by atoms with Crippen molar-refractivity contribution < 1.29 is 17.9 Å². The van der Waals surface area contributed by atoms with Crippen LogP contribution in [0.1, 0.15) is 25.3 Å². The maximum absolute atomic E-state index is 11.7. The van der Waals surface area contributed by atoms with Crippen LogP contribution in [0.5, 0.6) is 5.88 Å². The standard InChI is InChI=1S/C13H19NO4S/c1-3-19(16,17)8-4-5-12(15)9-11-6-7-13(18-2)14-10-11/h6-7,10H,3-5,8-9H2,1-2H3. The molecule has 0 aromatic carbocycles. The fourth-order valence-corrected chi connectivity index (χ4v) is 2.46. The van der Waals surface area contributed by atoms with Crippen LogP contribution in [0, 0.1) is 0 Å². The number of nitrogens with zero attached hydrogens (tertiary/aromatic N) is 1. The third-order valence-corrected chi connectivity index (χ3v) is 4.55. The number of methoxy groups -OCH3 is 1. The molecule has 5 nitrogen and oxygen atoms in total. The number of carbonyl (C=O) groups is 1. The smallest absolute Gasteiger partial charge is 0.212 e. The van der Waals surface area contributed by atoms with Crippen LogP contribution in [-0.2, 0) is 21.1 Å². The zero-order valence-electron chi connectivity index (χ0n) is 11.3. The Bertz CT molecular complexity index is 508. The van der Waals surface area contributed by atoms with Gasteiger partial charge in [-0.1, -0.05) is 13.0 Å². The van der Waals surface area contributed by atoms with E-state index in [1.165, 1.54) is 7.11 Å². The molecule has 106 valence electrons. The first-order chi connectivity index (χ1) is 8.96. The van der Waals surface area contributed by atoms with Gasteiger partial charge in [0.2, 0.25) is 5.88 Å². The lowest BCUT2D eigenvalue weighted by Crippen LogP contribution is -2.11. The van der Waals surface area contributed by atoms with Crippen molar-refractivity contribution in [1.29, 1.82) is 0 Å². The Morgan fingerprint density at radius 1 is 1.37 bits per heavy atom. The number of sulfone groups is 1. The highest BCUT2D eigenvalue weighted by Gasteiger charge is 2.10. The van der Waals surface area contributed by atoms with E-state index < -0.39 is 9.84 Å². The summed E-state index contributed by atoms with van der Waals surface area (Å²) in [6.45, 7) is 1.61. The normalized spacial score (nSPS) is 11.3. The summed E-state index contributed by atoms with van der Waals surface area (Å²) in [5, 5.41) is 0. The Balaban J connectivity index is 2.38. The molecular weight excluding hydrogens is 266 g/mol. The lowest BCUT2D eigenvalue weighted by Gasteiger charge is -2.03. The molecule has 1 heterocycles. The van der Waals surface area contributed by atoms with Gasteiger partial charge in [0.15, 0.2) is 0 Å². The molecular formula is C13H19NO4S. The number of hydrogen-bond donors (Lipinski definition) is 0. The second-order valence-corrected chi connectivity index (χ2v) is 6.74. The third kappa shape index (κ3) is 5.83. The Labute approximate surface area is 113 Å². The van der Waals surface area contributed by atoms with Crippen molar-refractivity contribution in [2.24, 2.45) is 0 Å². The zero-order chi connectivity index (χ0) is 14.3. The molecule has 0 amide bonds. The van der Waals surface area contributed by atoms with Crippen LogP contribution in [0.3, 0.4) is 0 Å². The van der Waals surface area contributed by atoms with Crippen molar-refractivity contribution in [2.75, 3.05) is 18.6 Å². The number of carbonyl (C=O) groups excluding carboxylic acids is 1. The second-order valence-electron chi connectivity index (χ2n) is 4.26. The predicted molar refractivity (Wildman–Crippen MR) is 73.1 cm³/mol. The molecule has 0 aliphatic carbocycles. The molecule has 0 unspecified atom stereocenters. The number of pyridine rings is 1. The molecule has 0 aliphatic rings. The molecule has 0 radical (unpaired) electrons. The summed E-state index contributed by atoms with van der Waals surface area (Å²) < 4.78 is 27.5. The molecule has 0 spiro atoms. The summed E-state index contributed by atoms with van der Waals surface area (Å²) in [5.74, 6) is 0.739. The minimum absolute atomic E-state index is 0.0262. The van der Waals surface area contributed by atoms with E-state index in [2.05, 4.69) is 4.98 Å². The largest absolute Gasteiger partial charge is 0.481 e. The van der Waals surface area contributed by atoms with Gasteiger partial charge in [-0.05, 0) is 12.0 Å². The van der Waals surface area contributed by atoms with E-state index >= 15 is 0 Å². The number of ketones is 1. The number of hydrogen-bond acceptors (Lipinski definition) is 5. The van der Waals surface area contributed by atoms with Gasteiger partial charge < -0.3 is 4.74 Å². The molecule has 1 aromatic heterocycles. The van der Waals surface area contributed by atoms with E-state index in [4.69, 9.17) is 4.74 Å². The van der Waals surface area contributed by atoms with Crippen molar-refractivity contribution in [1.82, 2.24) is 4.98 Å². The van der Waals surface area contributed by atoms with Crippen LogP contribution < -0.4 is 4.74 Å². The predicted octanol–water partition coefficient (Wildman–Crippen LogP) is 1.42. The van der Waals surface area contributed by atoms with Crippen molar-refractivity contribution >= 4 is 15.6 Å². The Morgan fingerprint density at radius 3 is 2.63 bits per heavy atom. The number of ether oxygens (including phenoxy) is 1. The molecule has 0 atom stereocenters.